The lowest BCUT2D eigenvalue weighted by molar-refractivity contribution is -0.870. The predicted octanol–water partition coefficient (Wildman–Crippen LogP) is 21.6. The average molecular weight is 1160 g/mol. The lowest BCUT2D eigenvalue weighted by Gasteiger charge is -2.27. The number of carbonyl (C=O) groups is 2. The summed E-state index contributed by atoms with van der Waals surface area (Å²) in [6.07, 6.45) is 79.1. The number of allylic oxidation sites excluding steroid dienone is 11. The number of phosphoric acid groups is 1. The smallest absolute Gasteiger partial charge is 0.456 e. The number of nitrogens with one attached hydrogen (secondary N) is 1. The molecule has 0 fully saturated rings. The van der Waals surface area contributed by atoms with Gasteiger partial charge in [-0.15, -0.1) is 0 Å². The van der Waals surface area contributed by atoms with E-state index in [1.54, 1.807) is 0 Å². The maximum Gasteiger partial charge on any atom is 0.472 e. The number of amides is 1. The maximum absolute atomic E-state index is 13.6. The maximum atomic E-state index is 13.6. The van der Waals surface area contributed by atoms with Crippen molar-refractivity contribution >= 4 is 19.7 Å². The Labute approximate surface area is 502 Å². The third-order valence-electron chi connectivity index (χ3n) is 15.2. The van der Waals surface area contributed by atoms with E-state index in [0.29, 0.717) is 23.9 Å². The number of hydrogen-bond acceptors (Lipinski definition) is 6. The van der Waals surface area contributed by atoms with Crippen LogP contribution in [0.25, 0.3) is 0 Å². The Morgan fingerprint density at radius 3 is 1.20 bits per heavy atom. The van der Waals surface area contributed by atoms with Gasteiger partial charge in [-0.1, -0.05) is 299 Å². The molecule has 0 aromatic carbocycles. The van der Waals surface area contributed by atoms with Crippen molar-refractivity contribution in [1.82, 2.24) is 5.32 Å². The van der Waals surface area contributed by atoms with Crippen LogP contribution in [-0.2, 0) is 27.9 Å². The zero-order valence-corrected chi connectivity index (χ0v) is 54.9. The molecule has 0 aliphatic heterocycles. The van der Waals surface area contributed by atoms with Crippen molar-refractivity contribution in [2.75, 3.05) is 40.9 Å². The number of nitrogens with zero attached hydrogens (tertiary/aromatic N) is 1. The minimum Gasteiger partial charge on any atom is -0.456 e. The van der Waals surface area contributed by atoms with Crippen molar-refractivity contribution in [3.63, 3.8) is 0 Å². The fraction of sp³-hybridized carbons (Fsp3) is 0.803. The van der Waals surface area contributed by atoms with Gasteiger partial charge in [0, 0.05) is 12.8 Å². The highest BCUT2D eigenvalue weighted by Gasteiger charge is 2.30. The number of likely N-dealkylation sites (N-methyl/N-ethyl adjacent to an activating group) is 1. The zero-order valence-electron chi connectivity index (χ0n) is 54.0. The standard InChI is InChI=1S/C71H131N2O7P/c1-7-10-13-16-19-22-25-28-30-32-34-35-36-37-39-40-42-45-48-51-54-57-60-63-70(74)72-68(67-79-81(76,77)78-66-65-73(4,5)6)69(62-59-56-53-50-47-44-27-24-21-18-15-12-9-3)80-71(75)64-61-58-55-52-49-46-43-41-38-33-31-29-26-23-20-17-14-11-8-2/h11,14,20,23,29,31,38,41,46,49,59,62,68-69H,7-10,12-13,15-19,21-22,24-28,30,32-37,39-40,42-45,47-48,50-58,60-61,63-67H2,1-6H3,(H-,72,74,76,77)/p+1/b14-11-,23-20-,31-29-,41-38-,49-46-,62-59+. The first kappa shape index (κ1) is 78.5. The van der Waals surface area contributed by atoms with Crippen LogP contribution in [0.2, 0.25) is 0 Å². The Morgan fingerprint density at radius 1 is 0.444 bits per heavy atom. The summed E-state index contributed by atoms with van der Waals surface area (Å²) in [7, 11) is 1.48. The largest absolute Gasteiger partial charge is 0.472 e. The Bertz CT molecular complexity index is 1620. The number of carbonyl (C=O) groups excluding carboxylic acids is 2. The van der Waals surface area contributed by atoms with E-state index < -0.39 is 20.0 Å². The number of quaternary nitrogens is 1. The highest BCUT2D eigenvalue weighted by Crippen LogP contribution is 2.43. The van der Waals surface area contributed by atoms with Crippen LogP contribution in [0.3, 0.4) is 0 Å². The van der Waals surface area contributed by atoms with E-state index in [4.69, 9.17) is 13.8 Å². The second-order valence-electron chi connectivity index (χ2n) is 24.3. The van der Waals surface area contributed by atoms with Crippen LogP contribution < -0.4 is 5.32 Å². The van der Waals surface area contributed by atoms with Gasteiger partial charge in [0.15, 0.2) is 0 Å². The molecule has 0 aliphatic carbocycles. The monoisotopic (exact) mass is 1160 g/mol. The van der Waals surface area contributed by atoms with Gasteiger partial charge in [-0.3, -0.25) is 18.6 Å². The van der Waals surface area contributed by atoms with E-state index in [0.717, 1.165) is 89.9 Å². The van der Waals surface area contributed by atoms with Crippen molar-refractivity contribution in [3.05, 3.63) is 72.9 Å². The number of hydrogen-bond donors (Lipinski definition) is 2. The van der Waals surface area contributed by atoms with Gasteiger partial charge < -0.3 is 19.4 Å². The number of unbranched alkanes of at least 4 members (excludes halogenated alkanes) is 36. The van der Waals surface area contributed by atoms with Crippen LogP contribution in [-0.4, -0.2) is 74.3 Å². The lowest BCUT2D eigenvalue weighted by atomic mass is 10.0. The van der Waals surface area contributed by atoms with Crippen LogP contribution in [0.1, 0.15) is 316 Å². The normalized spacial score (nSPS) is 14.0. The summed E-state index contributed by atoms with van der Waals surface area (Å²) in [6.45, 7) is 6.92. The number of esters is 1. The quantitative estimate of drug-likeness (QED) is 0.0205. The van der Waals surface area contributed by atoms with Crippen molar-refractivity contribution in [3.8, 4) is 0 Å². The summed E-state index contributed by atoms with van der Waals surface area (Å²) in [4.78, 5) is 37.8. The molecule has 0 aromatic heterocycles. The summed E-state index contributed by atoms with van der Waals surface area (Å²) in [5.41, 5.74) is 0. The number of rotatable bonds is 62. The summed E-state index contributed by atoms with van der Waals surface area (Å²) >= 11 is 0. The van der Waals surface area contributed by atoms with Gasteiger partial charge in [-0.2, -0.15) is 0 Å². The first-order chi connectivity index (χ1) is 39.4. The first-order valence-corrected chi connectivity index (χ1v) is 35.8. The van der Waals surface area contributed by atoms with Crippen LogP contribution in [0.4, 0.5) is 0 Å². The van der Waals surface area contributed by atoms with Crippen molar-refractivity contribution in [1.29, 1.82) is 0 Å². The third-order valence-corrected chi connectivity index (χ3v) is 16.1. The van der Waals surface area contributed by atoms with E-state index in [9.17, 15) is 19.0 Å². The molecule has 1 amide bonds. The molecule has 0 aromatic rings. The molecule has 0 saturated carbocycles. The fourth-order valence-electron chi connectivity index (χ4n) is 9.91. The van der Waals surface area contributed by atoms with Gasteiger partial charge in [0.1, 0.15) is 19.3 Å². The molecule has 3 unspecified atom stereocenters. The van der Waals surface area contributed by atoms with Crippen molar-refractivity contribution in [2.45, 2.75) is 328 Å². The summed E-state index contributed by atoms with van der Waals surface area (Å²) in [5, 5.41) is 3.06. The Morgan fingerprint density at radius 2 is 0.790 bits per heavy atom. The van der Waals surface area contributed by atoms with Gasteiger partial charge in [0.25, 0.3) is 0 Å². The van der Waals surface area contributed by atoms with Crippen LogP contribution in [0.5, 0.6) is 0 Å². The summed E-state index contributed by atoms with van der Waals surface area (Å²) in [5.74, 6) is -0.532. The zero-order chi connectivity index (χ0) is 59.3. The van der Waals surface area contributed by atoms with Crippen molar-refractivity contribution < 1.29 is 37.3 Å². The average Bonchev–Trinajstić information content (AvgIpc) is 3.44. The van der Waals surface area contributed by atoms with Crippen molar-refractivity contribution in [2.24, 2.45) is 0 Å². The molecule has 9 nitrogen and oxygen atoms in total. The molecule has 81 heavy (non-hydrogen) atoms. The molecule has 10 heteroatoms. The van der Waals surface area contributed by atoms with Gasteiger partial charge >= 0.3 is 13.8 Å². The summed E-state index contributed by atoms with van der Waals surface area (Å²) in [6, 6.07) is -0.864. The molecule has 472 valence electrons. The molecule has 0 radical (unpaired) electrons. The SMILES string of the molecule is CC/C=C\C/C=C\C/C=C\C/C=C\C/C=C\CCCCCC(=O)OC(/C=C/CCCCCCCCCCCCC)C(COP(=O)(O)OCC[N+](C)(C)C)NC(=O)CCCCCCCCCCCCCCCCCCCCCCCCC. The van der Waals surface area contributed by atoms with E-state index in [1.165, 1.54) is 186 Å². The third kappa shape index (κ3) is 61.8. The molecule has 0 heterocycles. The summed E-state index contributed by atoms with van der Waals surface area (Å²) < 4.78 is 30.8. The lowest BCUT2D eigenvalue weighted by Crippen LogP contribution is -2.47. The molecule has 0 bridgehead atoms. The molecule has 0 aliphatic rings. The topological polar surface area (TPSA) is 111 Å². The fourth-order valence-corrected chi connectivity index (χ4v) is 10.6. The first-order valence-electron chi connectivity index (χ1n) is 34.3. The van der Waals surface area contributed by atoms with Gasteiger partial charge in [0.05, 0.1) is 33.8 Å². The second-order valence-corrected chi connectivity index (χ2v) is 25.8. The Balaban J connectivity index is 5.19. The van der Waals surface area contributed by atoms with Gasteiger partial charge in [0.2, 0.25) is 5.91 Å². The Kier molecular flexibility index (Phi) is 58.7. The van der Waals surface area contributed by atoms with Gasteiger partial charge in [-0.25, -0.2) is 4.57 Å². The second kappa shape index (κ2) is 60.6. The van der Waals surface area contributed by atoms with Gasteiger partial charge in [-0.05, 0) is 76.7 Å². The van der Waals surface area contributed by atoms with Crippen LogP contribution in [0.15, 0.2) is 72.9 Å². The minimum absolute atomic E-state index is 0.0339. The van der Waals surface area contributed by atoms with E-state index >= 15 is 0 Å². The number of ether oxygens (including phenoxy) is 1. The Hall–Kier alpha value is -2.55. The molecular formula is C71H132N2O7P+. The molecule has 0 rings (SSSR count). The molecule has 3 atom stereocenters. The highest BCUT2D eigenvalue weighted by molar-refractivity contribution is 7.47. The molecule has 0 saturated heterocycles. The van der Waals surface area contributed by atoms with E-state index in [-0.39, 0.29) is 31.5 Å². The van der Waals surface area contributed by atoms with Crippen LogP contribution in [0, 0.1) is 0 Å². The molecule has 0 spiro atoms. The molecule has 2 N–H and O–H groups in total. The number of phosphoric ester groups is 1. The minimum atomic E-state index is -4.46. The predicted molar refractivity (Wildman–Crippen MR) is 351 cm³/mol. The van der Waals surface area contributed by atoms with E-state index in [1.807, 2.05) is 33.3 Å². The highest BCUT2D eigenvalue weighted by atomic mass is 31.2. The molecular weight excluding hydrogens is 1020 g/mol. The van der Waals surface area contributed by atoms with Crippen LogP contribution >= 0.6 is 7.82 Å². The van der Waals surface area contributed by atoms with E-state index in [2.05, 4.69) is 86.8 Å².